The van der Waals surface area contributed by atoms with Crippen LogP contribution in [0.3, 0.4) is 0 Å². The zero-order valence-electron chi connectivity index (χ0n) is 9.39. The monoisotopic (exact) mass is 246 g/mol. The maximum Gasteiger partial charge on any atom is 0.188 e. The molecular weight excluding hydrogens is 232 g/mol. The molecule has 0 bridgehead atoms. The Kier molecular flexibility index (Phi) is 3.02. The van der Waals surface area contributed by atoms with Gasteiger partial charge in [0.15, 0.2) is 5.13 Å². The maximum atomic E-state index is 4.59. The lowest BCUT2D eigenvalue weighted by molar-refractivity contribution is 0.632. The van der Waals surface area contributed by atoms with Gasteiger partial charge in [-0.25, -0.2) is 9.97 Å². The Bertz CT molecular complexity index is 476. The van der Waals surface area contributed by atoms with E-state index in [1.165, 1.54) is 12.8 Å². The number of nitrogens with one attached hydrogen (secondary N) is 2. The molecule has 3 rings (SSSR count). The standard InChI is InChI=1S/C12H14N4S/c1-2-6-14-11(5-1)16-12-15-10(8-17-12)9-4-3-7-13-9/h1-2,5-6,8-9,13H,3-4,7H2,(H,14,15,16). The van der Waals surface area contributed by atoms with Crippen molar-refractivity contribution < 1.29 is 0 Å². The predicted octanol–water partition coefficient (Wildman–Crippen LogP) is 2.71. The molecule has 17 heavy (non-hydrogen) atoms. The van der Waals surface area contributed by atoms with Crippen LogP contribution in [0, 0.1) is 0 Å². The molecule has 1 unspecified atom stereocenters. The summed E-state index contributed by atoms with van der Waals surface area (Å²) >= 11 is 1.63. The largest absolute Gasteiger partial charge is 0.316 e. The smallest absolute Gasteiger partial charge is 0.188 e. The first-order valence-corrected chi connectivity index (χ1v) is 6.67. The summed E-state index contributed by atoms with van der Waals surface area (Å²) in [6.45, 7) is 1.10. The van der Waals surface area contributed by atoms with E-state index in [2.05, 4.69) is 26.0 Å². The Morgan fingerprint density at radius 2 is 2.41 bits per heavy atom. The molecule has 1 aliphatic heterocycles. The maximum absolute atomic E-state index is 4.59. The molecule has 1 fully saturated rings. The van der Waals surface area contributed by atoms with Crippen molar-refractivity contribution >= 4 is 22.3 Å². The molecule has 0 aliphatic carbocycles. The Hall–Kier alpha value is -1.46. The van der Waals surface area contributed by atoms with E-state index in [9.17, 15) is 0 Å². The van der Waals surface area contributed by atoms with Crippen LogP contribution in [0.2, 0.25) is 0 Å². The van der Waals surface area contributed by atoms with Crippen LogP contribution >= 0.6 is 11.3 Å². The van der Waals surface area contributed by atoms with E-state index in [1.54, 1.807) is 17.5 Å². The van der Waals surface area contributed by atoms with Crippen molar-refractivity contribution in [1.82, 2.24) is 15.3 Å². The molecule has 1 aliphatic rings. The van der Waals surface area contributed by atoms with Crippen molar-refractivity contribution in [2.24, 2.45) is 0 Å². The van der Waals surface area contributed by atoms with Gasteiger partial charge in [0.25, 0.3) is 0 Å². The Labute approximate surface area is 104 Å². The number of aromatic nitrogens is 2. The highest BCUT2D eigenvalue weighted by Gasteiger charge is 2.18. The highest BCUT2D eigenvalue weighted by Crippen LogP contribution is 2.27. The summed E-state index contributed by atoms with van der Waals surface area (Å²) in [5.74, 6) is 0.841. The van der Waals surface area contributed by atoms with Gasteiger partial charge < -0.3 is 10.6 Å². The molecule has 2 N–H and O–H groups in total. The van der Waals surface area contributed by atoms with Crippen LogP contribution in [-0.4, -0.2) is 16.5 Å². The highest BCUT2D eigenvalue weighted by molar-refractivity contribution is 7.13. The third kappa shape index (κ3) is 2.45. The molecular formula is C12H14N4S. The van der Waals surface area contributed by atoms with Crippen LogP contribution in [0.1, 0.15) is 24.6 Å². The van der Waals surface area contributed by atoms with Crippen molar-refractivity contribution in [2.75, 3.05) is 11.9 Å². The van der Waals surface area contributed by atoms with Gasteiger partial charge in [0.2, 0.25) is 0 Å². The summed E-state index contributed by atoms with van der Waals surface area (Å²) in [7, 11) is 0. The van der Waals surface area contributed by atoms with Crippen LogP contribution in [0.5, 0.6) is 0 Å². The fraction of sp³-hybridized carbons (Fsp3) is 0.333. The average Bonchev–Trinajstić information content (AvgIpc) is 3.00. The van der Waals surface area contributed by atoms with Gasteiger partial charge in [-0.05, 0) is 31.5 Å². The summed E-state index contributed by atoms with van der Waals surface area (Å²) in [6, 6.07) is 6.24. The summed E-state index contributed by atoms with van der Waals surface area (Å²) < 4.78 is 0. The summed E-state index contributed by atoms with van der Waals surface area (Å²) in [6.07, 6.45) is 4.20. The van der Waals surface area contributed by atoms with Crippen LogP contribution in [0.4, 0.5) is 10.9 Å². The number of pyridine rings is 1. The van der Waals surface area contributed by atoms with Crippen molar-refractivity contribution in [2.45, 2.75) is 18.9 Å². The Balaban J connectivity index is 1.72. The van der Waals surface area contributed by atoms with E-state index in [0.29, 0.717) is 6.04 Å². The molecule has 5 heteroatoms. The van der Waals surface area contributed by atoms with E-state index in [0.717, 1.165) is 23.2 Å². The fourth-order valence-electron chi connectivity index (χ4n) is 1.99. The second-order valence-electron chi connectivity index (χ2n) is 4.07. The lowest BCUT2D eigenvalue weighted by Gasteiger charge is -2.05. The van der Waals surface area contributed by atoms with Gasteiger partial charge >= 0.3 is 0 Å². The molecule has 1 atom stereocenters. The molecule has 3 heterocycles. The van der Waals surface area contributed by atoms with E-state index < -0.39 is 0 Å². The summed E-state index contributed by atoms with van der Waals surface area (Å²) in [4.78, 5) is 8.81. The van der Waals surface area contributed by atoms with Gasteiger partial charge in [0.05, 0.1) is 11.7 Å². The van der Waals surface area contributed by atoms with Crippen LogP contribution in [-0.2, 0) is 0 Å². The van der Waals surface area contributed by atoms with Crippen LogP contribution < -0.4 is 10.6 Å². The van der Waals surface area contributed by atoms with Gasteiger partial charge in [-0.3, -0.25) is 0 Å². The number of anilines is 2. The Morgan fingerprint density at radius 1 is 1.41 bits per heavy atom. The zero-order chi connectivity index (χ0) is 11.5. The number of hydrogen-bond donors (Lipinski definition) is 2. The van der Waals surface area contributed by atoms with Gasteiger partial charge in [-0.15, -0.1) is 11.3 Å². The second-order valence-corrected chi connectivity index (χ2v) is 4.92. The molecule has 2 aromatic rings. The third-order valence-electron chi connectivity index (χ3n) is 2.84. The molecule has 4 nitrogen and oxygen atoms in total. The van der Waals surface area contributed by atoms with Crippen LogP contribution in [0.15, 0.2) is 29.8 Å². The molecule has 2 aromatic heterocycles. The fourth-order valence-corrected chi connectivity index (χ4v) is 2.76. The Morgan fingerprint density at radius 3 is 3.18 bits per heavy atom. The normalized spacial score (nSPS) is 19.4. The zero-order valence-corrected chi connectivity index (χ0v) is 10.2. The van der Waals surface area contributed by atoms with Gasteiger partial charge in [-0.1, -0.05) is 6.07 Å². The topological polar surface area (TPSA) is 49.8 Å². The predicted molar refractivity (Wildman–Crippen MR) is 69.6 cm³/mol. The first-order valence-electron chi connectivity index (χ1n) is 5.79. The molecule has 1 saturated heterocycles. The summed E-state index contributed by atoms with van der Waals surface area (Å²) in [5, 5.41) is 9.70. The van der Waals surface area contributed by atoms with Crippen molar-refractivity contribution in [3.63, 3.8) is 0 Å². The molecule has 0 spiro atoms. The third-order valence-corrected chi connectivity index (χ3v) is 3.62. The van der Waals surface area contributed by atoms with Crippen molar-refractivity contribution in [3.8, 4) is 0 Å². The number of hydrogen-bond acceptors (Lipinski definition) is 5. The van der Waals surface area contributed by atoms with Crippen molar-refractivity contribution in [1.29, 1.82) is 0 Å². The molecule has 0 saturated carbocycles. The first-order chi connectivity index (χ1) is 8.42. The average molecular weight is 246 g/mol. The SMILES string of the molecule is c1ccc(Nc2nc(C3CCCN3)cs2)nc1. The minimum atomic E-state index is 0.436. The number of nitrogens with zero attached hydrogens (tertiary/aromatic N) is 2. The van der Waals surface area contributed by atoms with E-state index >= 15 is 0 Å². The molecule has 0 amide bonds. The lowest BCUT2D eigenvalue weighted by Crippen LogP contribution is -2.13. The van der Waals surface area contributed by atoms with E-state index in [1.807, 2.05) is 18.2 Å². The van der Waals surface area contributed by atoms with E-state index in [-0.39, 0.29) is 0 Å². The minimum absolute atomic E-state index is 0.436. The quantitative estimate of drug-likeness (QED) is 0.874. The van der Waals surface area contributed by atoms with Gasteiger partial charge in [0, 0.05) is 11.6 Å². The minimum Gasteiger partial charge on any atom is -0.316 e. The molecule has 0 radical (unpaired) electrons. The molecule has 88 valence electrons. The highest BCUT2D eigenvalue weighted by atomic mass is 32.1. The van der Waals surface area contributed by atoms with E-state index in [4.69, 9.17) is 0 Å². The van der Waals surface area contributed by atoms with Crippen LogP contribution in [0.25, 0.3) is 0 Å². The summed E-state index contributed by atoms with van der Waals surface area (Å²) in [5.41, 5.74) is 1.14. The second kappa shape index (κ2) is 4.81. The number of rotatable bonds is 3. The molecule has 0 aromatic carbocycles. The van der Waals surface area contributed by atoms with Gasteiger partial charge in [0.1, 0.15) is 5.82 Å². The first kappa shape index (κ1) is 10.7. The van der Waals surface area contributed by atoms with Gasteiger partial charge in [-0.2, -0.15) is 0 Å². The van der Waals surface area contributed by atoms with Crippen molar-refractivity contribution in [3.05, 3.63) is 35.5 Å². The lowest BCUT2D eigenvalue weighted by atomic mass is 10.2. The number of thiazole rings is 1.